The highest BCUT2D eigenvalue weighted by molar-refractivity contribution is 4.95. The van der Waals surface area contributed by atoms with Crippen LogP contribution >= 0.6 is 0 Å². The topological polar surface area (TPSA) is 60.2 Å². The Morgan fingerprint density at radius 3 is 2.47 bits per heavy atom. The van der Waals surface area contributed by atoms with Gasteiger partial charge in [-0.3, -0.25) is 0 Å². The van der Waals surface area contributed by atoms with Gasteiger partial charge >= 0.3 is 0 Å². The maximum atomic E-state index is 5.32. The Hall–Kier alpha value is -0.940. The second-order valence-electron chi connectivity index (χ2n) is 3.90. The largest absolute Gasteiger partial charge is 0.373 e. The van der Waals surface area contributed by atoms with Gasteiger partial charge < -0.3 is 14.6 Å². The molecule has 5 nitrogen and oxygen atoms in total. The first-order valence-electron chi connectivity index (χ1n) is 5.13. The van der Waals surface area contributed by atoms with E-state index in [0.717, 1.165) is 0 Å². The predicted octanol–water partition coefficient (Wildman–Crippen LogP) is 1.69. The van der Waals surface area contributed by atoms with Gasteiger partial charge in [-0.1, -0.05) is 19.0 Å². The number of hydrogen-bond donors (Lipinski definition) is 1. The minimum atomic E-state index is -0.105. The Bertz CT molecular complexity index is 299. The summed E-state index contributed by atoms with van der Waals surface area (Å²) in [5.74, 6) is 1.53. The normalized spacial score (nSPS) is 15.6. The minimum Gasteiger partial charge on any atom is -0.373 e. The lowest BCUT2D eigenvalue weighted by molar-refractivity contribution is 0.0555. The number of methoxy groups -OCH3 is 1. The van der Waals surface area contributed by atoms with Crippen LogP contribution in [0.2, 0.25) is 0 Å². The molecule has 5 heteroatoms. The van der Waals surface area contributed by atoms with Crippen LogP contribution in [-0.4, -0.2) is 24.3 Å². The number of nitrogens with zero attached hydrogens (tertiary/aromatic N) is 2. The van der Waals surface area contributed by atoms with Crippen LogP contribution in [0.5, 0.6) is 0 Å². The average molecular weight is 213 g/mol. The molecule has 15 heavy (non-hydrogen) atoms. The summed E-state index contributed by atoms with van der Waals surface area (Å²) >= 11 is 0. The lowest BCUT2D eigenvalue weighted by Crippen LogP contribution is -2.14. The molecule has 1 rings (SSSR count). The lowest BCUT2D eigenvalue weighted by atomic mass is 10.1. The fourth-order valence-electron chi connectivity index (χ4n) is 1.34. The molecule has 86 valence electrons. The van der Waals surface area contributed by atoms with Crippen molar-refractivity contribution in [3.8, 4) is 0 Å². The third-order valence-electron chi connectivity index (χ3n) is 2.37. The molecule has 1 N–H and O–H groups in total. The van der Waals surface area contributed by atoms with Crippen molar-refractivity contribution in [1.29, 1.82) is 0 Å². The van der Waals surface area contributed by atoms with Crippen LogP contribution < -0.4 is 5.32 Å². The summed E-state index contributed by atoms with van der Waals surface area (Å²) in [7, 11) is 3.51. The van der Waals surface area contributed by atoms with Crippen LogP contribution in [0.4, 0.5) is 0 Å². The Morgan fingerprint density at radius 1 is 1.33 bits per heavy atom. The van der Waals surface area contributed by atoms with Crippen molar-refractivity contribution in [3.05, 3.63) is 11.7 Å². The fourth-order valence-corrected chi connectivity index (χ4v) is 1.34. The molecular formula is C10H19N3O2. The van der Waals surface area contributed by atoms with E-state index >= 15 is 0 Å². The van der Waals surface area contributed by atoms with Gasteiger partial charge in [0.1, 0.15) is 6.10 Å². The van der Waals surface area contributed by atoms with E-state index in [2.05, 4.69) is 29.3 Å². The standard InChI is InChI=1S/C10H19N3O2/c1-6(2)8(14-5)9-12-10(15-13-9)7(3)11-4/h6-8,11H,1-5H3. The molecule has 0 bridgehead atoms. The summed E-state index contributed by atoms with van der Waals surface area (Å²) < 4.78 is 10.5. The first-order valence-corrected chi connectivity index (χ1v) is 5.13. The quantitative estimate of drug-likeness (QED) is 0.806. The third kappa shape index (κ3) is 2.76. The molecule has 0 amide bonds. The van der Waals surface area contributed by atoms with Crippen LogP contribution in [0.1, 0.15) is 44.6 Å². The van der Waals surface area contributed by atoms with E-state index in [1.807, 2.05) is 14.0 Å². The summed E-state index contributed by atoms with van der Waals surface area (Å²) in [5, 5.41) is 6.97. The molecule has 0 aliphatic carbocycles. The Morgan fingerprint density at radius 2 is 2.00 bits per heavy atom. The van der Waals surface area contributed by atoms with Gasteiger partial charge in [0.15, 0.2) is 0 Å². The first-order chi connectivity index (χ1) is 7.10. The van der Waals surface area contributed by atoms with E-state index in [4.69, 9.17) is 9.26 Å². The third-order valence-corrected chi connectivity index (χ3v) is 2.37. The zero-order chi connectivity index (χ0) is 11.4. The number of aromatic nitrogens is 2. The average Bonchev–Trinajstić information content (AvgIpc) is 2.66. The summed E-state index contributed by atoms with van der Waals surface area (Å²) in [6.07, 6.45) is -0.105. The molecule has 0 aliphatic heterocycles. The summed E-state index contributed by atoms with van der Waals surface area (Å²) in [6.45, 7) is 6.09. The van der Waals surface area contributed by atoms with Gasteiger partial charge in [0.2, 0.25) is 11.7 Å². The first kappa shape index (κ1) is 12.1. The number of ether oxygens (including phenoxy) is 1. The van der Waals surface area contributed by atoms with Gasteiger partial charge in [-0.15, -0.1) is 0 Å². The summed E-state index contributed by atoms with van der Waals surface area (Å²) in [6, 6.07) is 0.0657. The zero-order valence-corrected chi connectivity index (χ0v) is 9.94. The molecule has 0 aliphatic rings. The van der Waals surface area contributed by atoms with Crippen LogP contribution in [0, 0.1) is 5.92 Å². The number of nitrogens with one attached hydrogen (secondary N) is 1. The molecule has 1 aromatic heterocycles. The molecule has 2 unspecified atom stereocenters. The SMILES string of the molecule is CNC(C)c1nc(C(OC)C(C)C)no1. The predicted molar refractivity (Wildman–Crippen MR) is 56.4 cm³/mol. The van der Waals surface area contributed by atoms with Crippen molar-refractivity contribution >= 4 is 0 Å². The number of rotatable bonds is 5. The Labute approximate surface area is 90.2 Å². The highest BCUT2D eigenvalue weighted by Crippen LogP contribution is 2.23. The van der Waals surface area contributed by atoms with E-state index in [1.165, 1.54) is 0 Å². The minimum absolute atomic E-state index is 0.0657. The van der Waals surface area contributed by atoms with Crippen molar-refractivity contribution in [2.75, 3.05) is 14.2 Å². The van der Waals surface area contributed by atoms with Crippen LogP contribution in [0.15, 0.2) is 4.52 Å². The summed E-state index contributed by atoms with van der Waals surface area (Å²) in [5.41, 5.74) is 0. The fraction of sp³-hybridized carbons (Fsp3) is 0.800. The molecular weight excluding hydrogens is 194 g/mol. The molecule has 1 heterocycles. The van der Waals surface area contributed by atoms with E-state index < -0.39 is 0 Å². The van der Waals surface area contributed by atoms with Gasteiger partial charge in [-0.25, -0.2) is 0 Å². The monoisotopic (exact) mass is 213 g/mol. The van der Waals surface area contributed by atoms with E-state index in [-0.39, 0.29) is 12.1 Å². The second kappa shape index (κ2) is 5.23. The molecule has 0 radical (unpaired) electrons. The van der Waals surface area contributed by atoms with E-state index in [1.54, 1.807) is 7.11 Å². The molecule has 0 spiro atoms. The smallest absolute Gasteiger partial charge is 0.243 e. The Balaban J connectivity index is 2.82. The van der Waals surface area contributed by atoms with E-state index in [0.29, 0.717) is 17.6 Å². The van der Waals surface area contributed by atoms with Gasteiger partial charge in [-0.05, 0) is 19.9 Å². The number of hydrogen-bond acceptors (Lipinski definition) is 5. The van der Waals surface area contributed by atoms with Crippen LogP contribution in [0.3, 0.4) is 0 Å². The maximum Gasteiger partial charge on any atom is 0.243 e. The van der Waals surface area contributed by atoms with Gasteiger partial charge in [0.25, 0.3) is 0 Å². The van der Waals surface area contributed by atoms with Crippen molar-refractivity contribution in [2.24, 2.45) is 5.92 Å². The Kier molecular flexibility index (Phi) is 4.23. The van der Waals surface area contributed by atoms with Crippen LogP contribution in [-0.2, 0) is 4.74 Å². The molecule has 0 saturated carbocycles. The lowest BCUT2D eigenvalue weighted by Gasteiger charge is -2.14. The highest BCUT2D eigenvalue weighted by atomic mass is 16.5. The molecule has 0 aromatic carbocycles. The van der Waals surface area contributed by atoms with Gasteiger partial charge in [0.05, 0.1) is 6.04 Å². The van der Waals surface area contributed by atoms with Crippen molar-refractivity contribution in [3.63, 3.8) is 0 Å². The molecule has 2 atom stereocenters. The molecule has 1 aromatic rings. The van der Waals surface area contributed by atoms with Crippen molar-refractivity contribution in [2.45, 2.75) is 32.9 Å². The van der Waals surface area contributed by atoms with Crippen LogP contribution in [0.25, 0.3) is 0 Å². The van der Waals surface area contributed by atoms with Gasteiger partial charge in [0, 0.05) is 7.11 Å². The summed E-state index contributed by atoms with van der Waals surface area (Å²) in [4.78, 5) is 4.31. The highest BCUT2D eigenvalue weighted by Gasteiger charge is 2.22. The molecule has 0 saturated heterocycles. The maximum absolute atomic E-state index is 5.32. The van der Waals surface area contributed by atoms with Gasteiger partial charge in [-0.2, -0.15) is 4.98 Å². The second-order valence-corrected chi connectivity index (χ2v) is 3.90. The molecule has 0 fully saturated rings. The van der Waals surface area contributed by atoms with Crippen molar-refractivity contribution in [1.82, 2.24) is 15.5 Å². The van der Waals surface area contributed by atoms with E-state index in [9.17, 15) is 0 Å². The zero-order valence-electron chi connectivity index (χ0n) is 9.94. The van der Waals surface area contributed by atoms with Crippen molar-refractivity contribution < 1.29 is 9.26 Å².